The van der Waals surface area contributed by atoms with Gasteiger partial charge in [-0.3, -0.25) is 14.5 Å². The Morgan fingerprint density at radius 3 is 2.58 bits per heavy atom. The minimum atomic E-state index is -0.364. The summed E-state index contributed by atoms with van der Waals surface area (Å²) in [7, 11) is 1.96. The fourth-order valence-corrected chi connectivity index (χ4v) is 2.59. The number of hydrogen-bond acceptors (Lipinski definition) is 4. The highest BCUT2D eigenvalue weighted by Gasteiger charge is 2.24. The summed E-state index contributed by atoms with van der Waals surface area (Å²) in [4.78, 5) is 25.6. The number of carbonyl (C=O) groups excluding carboxylic acids is 2. The van der Waals surface area contributed by atoms with Crippen LogP contribution in [0.2, 0.25) is 0 Å². The first-order chi connectivity index (χ1) is 8.93. The Morgan fingerprint density at radius 1 is 1.37 bits per heavy atom. The van der Waals surface area contributed by atoms with E-state index in [4.69, 9.17) is 0 Å². The minimum Gasteiger partial charge on any atom is -0.345 e. The van der Waals surface area contributed by atoms with Gasteiger partial charge in [0.25, 0.3) is 0 Å². The Bertz CT molecular complexity index is 318. The number of piperidine rings is 1. The summed E-state index contributed by atoms with van der Waals surface area (Å²) in [5, 5.41) is 6.10. The average Bonchev–Trinajstić information content (AvgIpc) is 2.35. The number of ketones is 1. The van der Waals surface area contributed by atoms with Gasteiger partial charge in [0.05, 0.1) is 12.6 Å². The number of likely N-dealkylation sites (N-methyl/N-ethyl adjacent to an activating group) is 1. The molecule has 1 aliphatic rings. The van der Waals surface area contributed by atoms with Gasteiger partial charge in [0.2, 0.25) is 5.91 Å². The zero-order valence-corrected chi connectivity index (χ0v) is 12.5. The number of rotatable bonds is 6. The predicted molar refractivity (Wildman–Crippen MR) is 76.0 cm³/mol. The van der Waals surface area contributed by atoms with Crippen LogP contribution in [0.25, 0.3) is 0 Å². The fourth-order valence-electron chi connectivity index (χ4n) is 2.59. The molecule has 0 bridgehead atoms. The van der Waals surface area contributed by atoms with Crippen molar-refractivity contribution in [1.29, 1.82) is 0 Å². The van der Waals surface area contributed by atoms with Crippen molar-refractivity contribution in [2.45, 2.75) is 45.7 Å². The fraction of sp³-hybridized carbons (Fsp3) is 0.857. The molecule has 5 nitrogen and oxygen atoms in total. The van der Waals surface area contributed by atoms with Gasteiger partial charge in [-0.25, -0.2) is 0 Å². The van der Waals surface area contributed by atoms with Crippen molar-refractivity contribution < 1.29 is 9.59 Å². The van der Waals surface area contributed by atoms with Crippen LogP contribution in [0.4, 0.5) is 0 Å². The molecule has 1 aliphatic heterocycles. The van der Waals surface area contributed by atoms with Gasteiger partial charge in [0.1, 0.15) is 0 Å². The lowest BCUT2D eigenvalue weighted by molar-refractivity contribution is -0.128. The molecule has 0 saturated carbocycles. The van der Waals surface area contributed by atoms with Crippen LogP contribution in [-0.4, -0.2) is 55.4 Å². The second-order valence-corrected chi connectivity index (χ2v) is 5.76. The van der Waals surface area contributed by atoms with Crippen LogP contribution in [0.5, 0.6) is 0 Å². The summed E-state index contributed by atoms with van der Waals surface area (Å²) < 4.78 is 0. The number of amides is 1. The maximum absolute atomic E-state index is 12.0. The Hall–Kier alpha value is -0.940. The first-order valence-electron chi connectivity index (χ1n) is 7.13. The third-order valence-corrected chi connectivity index (χ3v) is 3.70. The van der Waals surface area contributed by atoms with Crippen molar-refractivity contribution >= 4 is 11.7 Å². The number of nitrogens with zero attached hydrogens (tertiary/aromatic N) is 1. The number of carbonyl (C=O) groups is 2. The molecule has 2 unspecified atom stereocenters. The zero-order chi connectivity index (χ0) is 14.4. The van der Waals surface area contributed by atoms with E-state index < -0.39 is 0 Å². The second-order valence-electron chi connectivity index (χ2n) is 5.76. The van der Waals surface area contributed by atoms with Gasteiger partial charge in [-0.15, -0.1) is 0 Å². The molecule has 2 atom stereocenters. The maximum atomic E-state index is 12.0. The molecule has 1 amide bonds. The molecule has 0 aromatic carbocycles. The quantitative estimate of drug-likeness (QED) is 0.733. The summed E-state index contributed by atoms with van der Waals surface area (Å²) in [5.74, 6) is 0.105. The molecule has 1 saturated heterocycles. The Morgan fingerprint density at radius 2 is 2.05 bits per heavy atom. The maximum Gasteiger partial charge on any atom is 0.234 e. The molecule has 0 spiro atoms. The van der Waals surface area contributed by atoms with Gasteiger partial charge in [-0.05, 0) is 39.3 Å². The molecule has 0 aliphatic carbocycles. The highest BCUT2D eigenvalue weighted by molar-refractivity contribution is 5.88. The predicted octanol–water partition coefficient (Wildman–Crippen LogP) is 0.400. The molecule has 110 valence electrons. The largest absolute Gasteiger partial charge is 0.345 e. The topological polar surface area (TPSA) is 61.4 Å². The molecular formula is C14H27N3O2. The van der Waals surface area contributed by atoms with Crippen LogP contribution >= 0.6 is 0 Å². The Balaban J connectivity index is 2.43. The van der Waals surface area contributed by atoms with E-state index in [1.807, 2.05) is 20.9 Å². The first-order valence-corrected chi connectivity index (χ1v) is 7.13. The average molecular weight is 269 g/mol. The van der Waals surface area contributed by atoms with E-state index in [2.05, 4.69) is 15.5 Å². The molecule has 0 radical (unpaired) electrons. The zero-order valence-electron chi connectivity index (χ0n) is 12.5. The normalized spacial score (nSPS) is 22.3. The van der Waals surface area contributed by atoms with E-state index in [1.54, 1.807) is 0 Å². The molecule has 1 heterocycles. The van der Waals surface area contributed by atoms with E-state index in [1.165, 1.54) is 6.92 Å². The lowest BCUT2D eigenvalue weighted by atomic mass is 10.0. The van der Waals surface area contributed by atoms with Crippen molar-refractivity contribution in [3.05, 3.63) is 0 Å². The van der Waals surface area contributed by atoms with Crippen LogP contribution in [0.1, 0.15) is 33.6 Å². The Kier molecular flexibility index (Phi) is 6.45. The summed E-state index contributed by atoms with van der Waals surface area (Å²) in [6.07, 6.45) is 2.27. The second kappa shape index (κ2) is 7.60. The van der Waals surface area contributed by atoms with Crippen LogP contribution in [0.15, 0.2) is 0 Å². The van der Waals surface area contributed by atoms with Crippen molar-refractivity contribution in [3.8, 4) is 0 Å². The van der Waals surface area contributed by atoms with Crippen molar-refractivity contribution in [3.63, 3.8) is 0 Å². The molecule has 1 fully saturated rings. The van der Waals surface area contributed by atoms with E-state index in [9.17, 15) is 9.59 Å². The summed E-state index contributed by atoms with van der Waals surface area (Å²) in [6, 6.07) is 0.104. The van der Waals surface area contributed by atoms with E-state index >= 15 is 0 Å². The van der Waals surface area contributed by atoms with Gasteiger partial charge in [-0.1, -0.05) is 13.8 Å². The molecule has 2 N–H and O–H groups in total. The summed E-state index contributed by atoms with van der Waals surface area (Å²) in [5.41, 5.74) is 0. The van der Waals surface area contributed by atoms with Crippen molar-refractivity contribution in [1.82, 2.24) is 15.5 Å². The molecule has 0 aromatic rings. The van der Waals surface area contributed by atoms with Gasteiger partial charge in [0, 0.05) is 12.6 Å². The minimum absolute atomic E-state index is 0.0232. The highest BCUT2D eigenvalue weighted by Crippen LogP contribution is 2.09. The van der Waals surface area contributed by atoms with Gasteiger partial charge in [-0.2, -0.15) is 0 Å². The van der Waals surface area contributed by atoms with Crippen LogP contribution in [-0.2, 0) is 9.59 Å². The molecule has 0 aromatic heterocycles. The smallest absolute Gasteiger partial charge is 0.234 e. The van der Waals surface area contributed by atoms with E-state index in [0.717, 1.165) is 25.9 Å². The number of nitrogens with one attached hydrogen (secondary N) is 2. The van der Waals surface area contributed by atoms with Crippen LogP contribution in [0, 0.1) is 5.92 Å². The van der Waals surface area contributed by atoms with E-state index in [0.29, 0.717) is 12.6 Å². The summed E-state index contributed by atoms with van der Waals surface area (Å²) >= 11 is 0. The molecule has 19 heavy (non-hydrogen) atoms. The van der Waals surface area contributed by atoms with Gasteiger partial charge in [0.15, 0.2) is 5.78 Å². The number of likely N-dealkylation sites (tertiary alicyclic amines) is 1. The lowest BCUT2D eigenvalue weighted by Crippen LogP contribution is -2.51. The number of hydrogen-bond donors (Lipinski definition) is 2. The SMILES string of the molecule is CNC1CCCN(CC(=O)NC(C(C)=O)C(C)C)C1. The molecule has 1 rings (SSSR count). The number of Topliss-reactive ketones (excluding diaryl/α,β-unsaturated/α-hetero) is 1. The van der Waals surface area contributed by atoms with Crippen LogP contribution in [0.3, 0.4) is 0 Å². The Labute approximate surface area is 116 Å². The third-order valence-electron chi connectivity index (χ3n) is 3.70. The third kappa shape index (κ3) is 5.28. The lowest BCUT2D eigenvalue weighted by Gasteiger charge is -2.32. The van der Waals surface area contributed by atoms with Crippen molar-refractivity contribution in [2.24, 2.45) is 5.92 Å². The highest BCUT2D eigenvalue weighted by atomic mass is 16.2. The van der Waals surface area contributed by atoms with Gasteiger partial charge >= 0.3 is 0 Å². The van der Waals surface area contributed by atoms with Crippen molar-refractivity contribution in [2.75, 3.05) is 26.7 Å². The molecular weight excluding hydrogens is 242 g/mol. The standard InChI is InChI=1S/C14H27N3O2/c1-10(2)14(11(3)18)16-13(19)9-17-7-5-6-12(8-17)15-4/h10,12,14-15H,5-9H2,1-4H3,(H,16,19). The molecule has 5 heteroatoms. The van der Waals surface area contributed by atoms with Crippen LogP contribution < -0.4 is 10.6 Å². The summed E-state index contributed by atoms with van der Waals surface area (Å²) in [6.45, 7) is 7.67. The van der Waals surface area contributed by atoms with E-state index in [-0.39, 0.29) is 23.7 Å². The first kappa shape index (κ1) is 16.1. The monoisotopic (exact) mass is 269 g/mol. The van der Waals surface area contributed by atoms with Gasteiger partial charge < -0.3 is 10.6 Å².